The highest BCUT2D eigenvalue weighted by Gasteiger charge is 2.29. The van der Waals surface area contributed by atoms with Gasteiger partial charge in [0.1, 0.15) is 18.0 Å². The summed E-state index contributed by atoms with van der Waals surface area (Å²) in [6.45, 7) is 8.70. The number of hydrogen-bond donors (Lipinski definition) is 2. The number of anilines is 2. The molecule has 0 saturated carbocycles. The van der Waals surface area contributed by atoms with Gasteiger partial charge in [0.25, 0.3) is 0 Å². The average molecular weight is 317 g/mol. The van der Waals surface area contributed by atoms with Crippen LogP contribution in [-0.2, 0) is 0 Å². The van der Waals surface area contributed by atoms with Gasteiger partial charge in [-0.15, -0.1) is 0 Å². The monoisotopic (exact) mass is 317 g/mol. The smallest absolute Gasteiger partial charge is 0.134 e. The lowest BCUT2D eigenvalue weighted by atomic mass is 10.2. The number of hydrogen-bond acceptors (Lipinski definition) is 7. The molecule has 7 heteroatoms. The Balaban J connectivity index is 1.37. The molecule has 4 heterocycles. The summed E-state index contributed by atoms with van der Waals surface area (Å²) < 4.78 is 0. The van der Waals surface area contributed by atoms with Crippen molar-refractivity contribution in [1.29, 1.82) is 0 Å². The predicted molar refractivity (Wildman–Crippen MR) is 91.4 cm³/mol. The van der Waals surface area contributed by atoms with Crippen LogP contribution in [0.1, 0.15) is 26.2 Å². The number of nitrogens with zero attached hydrogens (tertiary/aromatic N) is 5. The Morgan fingerprint density at radius 2 is 1.57 bits per heavy atom. The first-order chi connectivity index (χ1) is 11.3. The highest BCUT2D eigenvalue weighted by molar-refractivity contribution is 5.50. The van der Waals surface area contributed by atoms with Crippen molar-refractivity contribution in [1.82, 2.24) is 25.7 Å². The Kier molecular flexibility index (Phi) is 4.33. The van der Waals surface area contributed by atoms with Gasteiger partial charge < -0.3 is 9.80 Å². The lowest BCUT2D eigenvalue weighted by molar-refractivity contribution is 0.166. The maximum atomic E-state index is 4.51. The maximum Gasteiger partial charge on any atom is 0.134 e. The molecule has 0 bridgehead atoms. The van der Waals surface area contributed by atoms with E-state index in [0.29, 0.717) is 12.2 Å². The SMILES string of the molecule is CC1CC(N2CCN(c3cc(N4CCCC4)ncn3)CC2)NN1. The van der Waals surface area contributed by atoms with Crippen molar-refractivity contribution in [3.63, 3.8) is 0 Å². The van der Waals surface area contributed by atoms with Crippen LogP contribution in [0.4, 0.5) is 11.6 Å². The van der Waals surface area contributed by atoms with Gasteiger partial charge in [-0.25, -0.2) is 15.4 Å². The summed E-state index contributed by atoms with van der Waals surface area (Å²) in [6, 6.07) is 2.72. The summed E-state index contributed by atoms with van der Waals surface area (Å²) in [5, 5.41) is 0. The minimum atomic E-state index is 0.470. The van der Waals surface area contributed by atoms with E-state index in [1.165, 1.54) is 19.3 Å². The molecule has 2 unspecified atom stereocenters. The van der Waals surface area contributed by atoms with Crippen molar-refractivity contribution in [3.05, 3.63) is 12.4 Å². The van der Waals surface area contributed by atoms with Crippen molar-refractivity contribution in [3.8, 4) is 0 Å². The Labute approximate surface area is 138 Å². The summed E-state index contributed by atoms with van der Waals surface area (Å²) in [4.78, 5) is 16.3. The van der Waals surface area contributed by atoms with Crippen molar-refractivity contribution in [2.45, 2.75) is 38.4 Å². The summed E-state index contributed by atoms with van der Waals surface area (Å²) >= 11 is 0. The molecule has 7 nitrogen and oxygen atoms in total. The molecule has 3 saturated heterocycles. The molecule has 3 aliphatic heterocycles. The van der Waals surface area contributed by atoms with Crippen LogP contribution in [0.5, 0.6) is 0 Å². The molecule has 0 amide bonds. The van der Waals surface area contributed by atoms with Gasteiger partial charge in [-0.3, -0.25) is 10.3 Å². The molecule has 1 aromatic heterocycles. The fraction of sp³-hybridized carbons (Fsp3) is 0.750. The fourth-order valence-electron chi connectivity index (χ4n) is 3.82. The van der Waals surface area contributed by atoms with Gasteiger partial charge in [0.15, 0.2) is 0 Å². The number of rotatable bonds is 3. The Bertz CT molecular complexity index is 523. The molecule has 0 radical (unpaired) electrons. The van der Waals surface area contributed by atoms with E-state index in [1.54, 1.807) is 6.33 Å². The quantitative estimate of drug-likeness (QED) is 0.837. The molecule has 3 fully saturated rings. The van der Waals surface area contributed by atoms with E-state index < -0.39 is 0 Å². The van der Waals surface area contributed by atoms with Crippen LogP contribution in [0, 0.1) is 0 Å². The third-order valence-electron chi connectivity index (χ3n) is 5.22. The van der Waals surface area contributed by atoms with Crippen LogP contribution in [0.25, 0.3) is 0 Å². The number of hydrazine groups is 1. The zero-order valence-electron chi connectivity index (χ0n) is 13.9. The minimum Gasteiger partial charge on any atom is -0.356 e. The third-order valence-corrected chi connectivity index (χ3v) is 5.22. The zero-order valence-corrected chi connectivity index (χ0v) is 13.9. The summed E-state index contributed by atoms with van der Waals surface area (Å²) in [7, 11) is 0. The first-order valence-corrected chi connectivity index (χ1v) is 8.86. The highest BCUT2D eigenvalue weighted by atomic mass is 15.5. The Hall–Kier alpha value is -1.44. The predicted octanol–water partition coefficient (Wildman–Crippen LogP) is 0.411. The fourth-order valence-corrected chi connectivity index (χ4v) is 3.82. The first kappa shape index (κ1) is 15.1. The van der Waals surface area contributed by atoms with E-state index in [4.69, 9.17) is 0 Å². The van der Waals surface area contributed by atoms with Crippen molar-refractivity contribution in [2.24, 2.45) is 0 Å². The molecule has 0 aromatic carbocycles. The summed E-state index contributed by atoms with van der Waals surface area (Å²) in [6.07, 6.45) is 5.92. The van der Waals surface area contributed by atoms with E-state index in [1.807, 2.05) is 0 Å². The molecule has 0 aliphatic carbocycles. The molecule has 2 N–H and O–H groups in total. The van der Waals surface area contributed by atoms with E-state index in [0.717, 1.165) is 50.9 Å². The normalized spacial score (nSPS) is 29.4. The Morgan fingerprint density at radius 3 is 2.17 bits per heavy atom. The van der Waals surface area contributed by atoms with Crippen LogP contribution < -0.4 is 20.7 Å². The number of aromatic nitrogens is 2. The van der Waals surface area contributed by atoms with E-state index >= 15 is 0 Å². The van der Waals surface area contributed by atoms with Crippen molar-refractivity contribution in [2.75, 3.05) is 49.1 Å². The third kappa shape index (κ3) is 3.27. The molecule has 0 spiro atoms. The zero-order chi connectivity index (χ0) is 15.6. The molecular formula is C16H27N7. The van der Waals surface area contributed by atoms with Gasteiger partial charge in [-0.1, -0.05) is 0 Å². The maximum absolute atomic E-state index is 4.51. The lowest BCUT2D eigenvalue weighted by Crippen LogP contribution is -2.54. The van der Waals surface area contributed by atoms with Crippen LogP contribution >= 0.6 is 0 Å². The van der Waals surface area contributed by atoms with Gasteiger partial charge >= 0.3 is 0 Å². The summed E-state index contributed by atoms with van der Waals surface area (Å²) in [5.74, 6) is 2.16. The van der Waals surface area contributed by atoms with Gasteiger partial charge in [-0.2, -0.15) is 0 Å². The first-order valence-electron chi connectivity index (χ1n) is 8.86. The molecule has 23 heavy (non-hydrogen) atoms. The van der Waals surface area contributed by atoms with E-state index in [2.05, 4.69) is 48.5 Å². The lowest BCUT2D eigenvalue weighted by Gasteiger charge is -2.38. The average Bonchev–Trinajstić information content (AvgIpc) is 3.27. The van der Waals surface area contributed by atoms with Gasteiger partial charge in [-0.05, 0) is 26.2 Å². The molecular weight excluding hydrogens is 290 g/mol. The molecule has 2 atom stereocenters. The second-order valence-electron chi connectivity index (χ2n) is 6.89. The molecule has 4 rings (SSSR count). The molecule has 1 aromatic rings. The van der Waals surface area contributed by atoms with E-state index in [9.17, 15) is 0 Å². The largest absolute Gasteiger partial charge is 0.356 e. The molecule has 3 aliphatic rings. The number of nitrogens with one attached hydrogen (secondary N) is 2. The van der Waals surface area contributed by atoms with Crippen molar-refractivity contribution >= 4 is 11.6 Å². The van der Waals surface area contributed by atoms with Gasteiger partial charge in [0, 0.05) is 51.4 Å². The highest BCUT2D eigenvalue weighted by Crippen LogP contribution is 2.22. The number of piperazine rings is 1. The van der Waals surface area contributed by atoms with Crippen LogP contribution in [0.15, 0.2) is 12.4 Å². The van der Waals surface area contributed by atoms with Crippen molar-refractivity contribution < 1.29 is 0 Å². The van der Waals surface area contributed by atoms with Crippen LogP contribution in [0.3, 0.4) is 0 Å². The summed E-state index contributed by atoms with van der Waals surface area (Å²) in [5.41, 5.74) is 6.72. The van der Waals surface area contributed by atoms with E-state index in [-0.39, 0.29) is 0 Å². The second-order valence-corrected chi connectivity index (χ2v) is 6.89. The minimum absolute atomic E-state index is 0.470. The topological polar surface area (TPSA) is 59.6 Å². The second kappa shape index (κ2) is 6.59. The standard InChI is InChI=1S/C16H27N7/c1-13-10-16(20-19-13)23-8-6-22(7-9-23)15-11-14(17-12-18-15)21-4-2-3-5-21/h11-13,16,19-20H,2-10H2,1H3. The van der Waals surface area contributed by atoms with Gasteiger partial charge in [0.2, 0.25) is 0 Å². The van der Waals surface area contributed by atoms with Crippen LogP contribution in [-0.4, -0.2) is 66.3 Å². The van der Waals surface area contributed by atoms with Crippen LogP contribution in [0.2, 0.25) is 0 Å². The Morgan fingerprint density at radius 1 is 0.913 bits per heavy atom. The molecule has 126 valence electrons. The van der Waals surface area contributed by atoms with Gasteiger partial charge in [0.05, 0.1) is 6.17 Å².